The van der Waals surface area contributed by atoms with Gasteiger partial charge in [0.2, 0.25) is 12.7 Å². The molecule has 3 aliphatic heterocycles. The van der Waals surface area contributed by atoms with Crippen LogP contribution in [-0.2, 0) is 22.5 Å². The molecule has 0 N–H and O–H groups in total. The number of hydrogen-bond acceptors (Lipinski definition) is 9. The van der Waals surface area contributed by atoms with Crippen molar-refractivity contribution >= 4 is 18.1 Å². The Morgan fingerprint density at radius 3 is 2.26 bits per heavy atom. The molecule has 11 heteroatoms. The van der Waals surface area contributed by atoms with E-state index in [1.165, 1.54) is 4.90 Å². The highest BCUT2D eigenvalue weighted by Gasteiger charge is 2.54. The minimum absolute atomic E-state index is 0.0839. The van der Waals surface area contributed by atoms with Crippen molar-refractivity contribution in [1.29, 1.82) is 0 Å². The largest absolute Gasteiger partial charge is 0.496 e. The number of ether oxygens (including phenoxy) is 7. The molecule has 6 rings (SSSR count). The number of piperazine rings is 1. The molecular weight excluding hydrogens is 604 g/mol. The molecule has 0 aromatic heterocycles. The topological polar surface area (TPSA) is 105 Å². The van der Waals surface area contributed by atoms with Gasteiger partial charge in [-0.3, -0.25) is 9.69 Å². The Bertz CT molecular complexity index is 1750. The van der Waals surface area contributed by atoms with Crippen molar-refractivity contribution in [3.05, 3.63) is 75.5 Å². The van der Waals surface area contributed by atoms with Crippen LogP contribution in [0.2, 0.25) is 0 Å². The molecular formula is C36H40N2O9. The van der Waals surface area contributed by atoms with Gasteiger partial charge in [0.1, 0.15) is 23.6 Å². The van der Waals surface area contributed by atoms with Crippen LogP contribution < -0.4 is 28.4 Å². The van der Waals surface area contributed by atoms with Gasteiger partial charge in [0, 0.05) is 39.9 Å². The second kappa shape index (κ2) is 12.6. The Morgan fingerprint density at radius 1 is 0.936 bits per heavy atom. The lowest BCUT2D eigenvalue weighted by Crippen LogP contribution is -2.61. The number of fused-ring (bicyclic) bond motifs is 5. The highest BCUT2D eigenvalue weighted by molar-refractivity contribution is 5.93. The Kier molecular flexibility index (Phi) is 8.57. The third-order valence-electron chi connectivity index (χ3n) is 8.88. The van der Waals surface area contributed by atoms with E-state index in [-0.39, 0.29) is 25.7 Å². The van der Waals surface area contributed by atoms with Crippen molar-refractivity contribution in [2.45, 2.75) is 58.8 Å². The number of nitrogens with zero attached hydrogens (tertiary/aromatic N) is 2. The summed E-state index contributed by atoms with van der Waals surface area (Å²) in [7, 11) is 6.30. The molecule has 0 unspecified atom stereocenters. The van der Waals surface area contributed by atoms with Crippen LogP contribution in [0.5, 0.6) is 34.5 Å². The summed E-state index contributed by atoms with van der Waals surface area (Å²) in [5.41, 5.74) is 4.97. The summed E-state index contributed by atoms with van der Waals surface area (Å²) in [5, 5.41) is 0. The summed E-state index contributed by atoms with van der Waals surface area (Å²) in [6.07, 6.45) is 1.02. The van der Waals surface area contributed by atoms with Crippen LogP contribution in [0.3, 0.4) is 0 Å². The van der Waals surface area contributed by atoms with E-state index in [1.807, 2.05) is 56.3 Å². The predicted molar refractivity (Wildman–Crippen MR) is 173 cm³/mol. The van der Waals surface area contributed by atoms with E-state index >= 15 is 0 Å². The van der Waals surface area contributed by atoms with Crippen molar-refractivity contribution in [3.8, 4) is 34.5 Å². The number of rotatable bonds is 8. The molecule has 3 aromatic carbocycles. The number of benzene rings is 3. The van der Waals surface area contributed by atoms with Crippen LogP contribution in [-0.4, -0.2) is 69.2 Å². The molecule has 2 amide bonds. The van der Waals surface area contributed by atoms with Gasteiger partial charge in [-0.1, -0.05) is 30.3 Å². The second-order valence-corrected chi connectivity index (χ2v) is 11.9. The van der Waals surface area contributed by atoms with Crippen molar-refractivity contribution in [1.82, 2.24) is 9.80 Å². The first-order chi connectivity index (χ1) is 22.6. The summed E-state index contributed by atoms with van der Waals surface area (Å²) in [6, 6.07) is 9.83. The predicted octanol–water partition coefficient (Wildman–Crippen LogP) is 5.96. The minimum Gasteiger partial charge on any atom is -0.496 e. The number of carbonyl (C=O) groups is 2. The molecule has 0 spiro atoms. The van der Waals surface area contributed by atoms with Gasteiger partial charge in [-0.2, -0.15) is 0 Å². The standard InChI is InChI=1S/C36H40N2O9/c1-19(2)47-36(40)38-26-16-24-28(34(44-8)33(43-7)21(4)31(24)42-6)29(38)25(37(35(26)39)17-22-12-10-9-11-13-22)14-23-15-27-32(46-18-45-27)20(3)30(23)41-5/h9-15,19,26,29H,16-18H2,1-8H3/t26-,29-/m0/s1. The summed E-state index contributed by atoms with van der Waals surface area (Å²) < 4.78 is 41.1. The Hall–Kier alpha value is -5.06. The van der Waals surface area contributed by atoms with Gasteiger partial charge in [-0.15, -0.1) is 0 Å². The van der Waals surface area contributed by atoms with E-state index in [2.05, 4.69) is 0 Å². The van der Waals surface area contributed by atoms with E-state index in [0.29, 0.717) is 51.3 Å². The molecule has 11 nitrogen and oxygen atoms in total. The van der Waals surface area contributed by atoms with Crippen molar-refractivity contribution < 1.29 is 42.7 Å². The van der Waals surface area contributed by atoms with Gasteiger partial charge < -0.3 is 38.1 Å². The van der Waals surface area contributed by atoms with Crippen molar-refractivity contribution in [3.63, 3.8) is 0 Å². The minimum atomic E-state index is -0.883. The molecule has 2 atom stereocenters. The first-order valence-electron chi connectivity index (χ1n) is 15.5. The smallest absolute Gasteiger partial charge is 0.411 e. The van der Waals surface area contributed by atoms with E-state index in [9.17, 15) is 9.59 Å². The lowest BCUT2D eigenvalue weighted by Gasteiger charge is -2.51. The number of methoxy groups -OCH3 is 4. The number of hydrogen-bond donors (Lipinski definition) is 0. The van der Waals surface area contributed by atoms with E-state index in [4.69, 9.17) is 33.2 Å². The van der Waals surface area contributed by atoms with Crippen LogP contribution in [0.1, 0.15) is 53.3 Å². The Balaban J connectivity index is 1.70. The number of amides is 2. The molecule has 248 valence electrons. The van der Waals surface area contributed by atoms with Crippen LogP contribution in [0.15, 0.2) is 42.1 Å². The summed E-state index contributed by atoms with van der Waals surface area (Å²) >= 11 is 0. The van der Waals surface area contributed by atoms with Gasteiger partial charge in [0.25, 0.3) is 0 Å². The van der Waals surface area contributed by atoms with Crippen LogP contribution in [0, 0.1) is 13.8 Å². The van der Waals surface area contributed by atoms with Gasteiger partial charge in [0.15, 0.2) is 23.0 Å². The number of carbonyl (C=O) groups excluding carboxylic acids is 2. The molecule has 0 saturated carbocycles. The lowest BCUT2D eigenvalue weighted by molar-refractivity contribution is -0.141. The quantitative estimate of drug-likeness (QED) is 0.294. The van der Waals surface area contributed by atoms with Crippen LogP contribution in [0.25, 0.3) is 6.08 Å². The molecule has 47 heavy (non-hydrogen) atoms. The van der Waals surface area contributed by atoms with Gasteiger partial charge in [-0.05, 0) is 45.4 Å². The Labute approximate surface area is 274 Å². The van der Waals surface area contributed by atoms with Gasteiger partial charge >= 0.3 is 6.09 Å². The summed E-state index contributed by atoms with van der Waals surface area (Å²) in [6.45, 7) is 7.68. The highest BCUT2D eigenvalue weighted by Crippen LogP contribution is 2.56. The third kappa shape index (κ3) is 5.23. The molecule has 0 aliphatic carbocycles. The molecule has 0 radical (unpaired) electrons. The second-order valence-electron chi connectivity index (χ2n) is 11.9. The fourth-order valence-corrected chi connectivity index (χ4v) is 7.00. The monoisotopic (exact) mass is 644 g/mol. The molecule has 3 heterocycles. The van der Waals surface area contributed by atoms with E-state index in [1.54, 1.807) is 47.2 Å². The Morgan fingerprint density at radius 2 is 1.62 bits per heavy atom. The fourth-order valence-electron chi connectivity index (χ4n) is 7.00. The maximum absolute atomic E-state index is 14.8. The molecule has 3 aromatic rings. The average Bonchev–Trinajstić information content (AvgIpc) is 3.53. The SMILES string of the molecule is COc1c(C=C2[C@H]3c4c(c(OC)c(C)c(OC)c4OC)C[C@@H](C(=O)N2Cc2ccccc2)N3C(=O)OC(C)C)cc2c(c1C)OCO2. The molecule has 2 bridgehead atoms. The van der Waals surface area contributed by atoms with E-state index in [0.717, 1.165) is 22.3 Å². The molecule has 3 aliphatic rings. The van der Waals surface area contributed by atoms with E-state index < -0.39 is 24.3 Å². The summed E-state index contributed by atoms with van der Waals surface area (Å²) in [5.74, 6) is 2.94. The first-order valence-corrected chi connectivity index (χ1v) is 15.5. The zero-order valence-corrected chi connectivity index (χ0v) is 28.0. The normalized spacial score (nSPS) is 18.7. The maximum atomic E-state index is 14.8. The lowest BCUT2D eigenvalue weighted by atomic mass is 9.80. The molecule has 1 saturated heterocycles. The van der Waals surface area contributed by atoms with Gasteiger partial charge in [0.05, 0.1) is 41.1 Å². The van der Waals surface area contributed by atoms with Crippen LogP contribution in [0.4, 0.5) is 4.79 Å². The molecule has 1 fully saturated rings. The fraction of sp³-hybridized carbons (Fsp3) is 0.389. The van der Waals surface area contributed by atoms with Gasteiger partial charge in [-0.25, -0.2) is 4.79 Å². The van der Waals surface area contributed by atoms with Crippen molar-refractivity contribution in [2.75, 3.05) is 35.2 Å². The maximum Gasteiger partial charge on any atom is 0.411 e. The first kappa shape index (κ1) is 31.9. The third-order valence-corrected chi connectivity index (χ3v) is 8.88. The highest BCUT2D eigenvalue weighted by atomic mass is 16.7. The average molecular weight is 645 g/mol. The van der Waals surface area contributed by atoms with Crippen molar-refractivity contribution in [2.24, 2.45) is 0 Å². The summed E-state index contributed by atoms with van der Waals surface area (Å²) in [4.78, 5) is 32.1. The van der Waals surface area contributed by atoms with Crippen LogP contribution >= 0.6 is 0 Å². The zero-order chi connectivity index (χ0) is 33.6. The zero-order valence-electron chi connectivity index (χ0n) is 28.0.